The molecule has 2 aromatic heterocycles. The predicted octanol–water partition coefficient (Wildman–Crippen LogP) is 6.03. The van der Waals surface area contributed by atoms with Gasteiger partial charge >= 0.3 is 143 Å². The summed E-state index contributed by atoms with van der Waals surface area (Å²) in [7, 11) is 0. The van der Waals surface area contributed by atoms with Crippen LogP contribution in [0.1, 0.15) is 8.46 Å². The van der Waals surface area contributed by atoms with Crippen molar-refractivity contribution in [3.63, 3.8) is 0 Å². The zero-order chi connectivity index (χ0) is 14.8. The molecule has 2 heteroatoms. The molecule has 0 saturated heterocycles. The van der Waals surface area contributed by atoms with Gasteiger partial charge in [0, 0.05) is 0 Å². The van der Waals surface area contributed by atoms with Gasteiger partial charge in [0.25, 0.3) is 0 Å². The second kappa shape index (κ2) is 4.58. The molecule has 106 valence electrons. The molecule has 0 aliphatic carbocycles. The first-order valence-electron chi connectivity index (χ1n) is 7.44. The number of rotatable bonds is 0. The molecular formula is C20H14STe. The van der Waals surface area contributed by atoms with Gasteiger partial charge in [0.15, 0.2) is 0 Å². The summed E-state index contributed by atoms with van der Waals surface area (Å²) in [6.07, 6.45) is 0. The first-order valence-corrected chi connectivity index (χ1v) is 10.6. The van der Waals surface area contributed by atoms with Crippen molar-refractivity contribution in [1.82, 2.24) is 0 Å². The number of benzene rings is 3. The molecule has 0 aliphatic heterocycles. The molecule has 3 aromatic carbocycles. The molecule has 0 saturated carbocycles. The summed E-state index contributed by atoms with van der Waals surface area (Å²) >= 11 is 1.78. The van der Waals surface area contributed by atoms with Crippen LogP contribution in [0.25, 0.3) is 40.4 Å². The van der Waals surface area contributed by atoms with Crippen molar-refractivity contribution in [3.05, 3.63) is 57.0 Å². The Morgan fingerprint density at radius 2 is 1.27 bits per heavy atom. The van der Waals surface area contributed by atoms with Crippen LogP contribution in [-0.2, 0) is 0 Å². The van der Waals surface area contributed by atoms with Crippen LogP contribution in [0.3, 0.4) is 0 Å². The molecule has 0 radical (unpaired) electrons. The summed E-state index contributed by atoms with van der Waals surface area (Å²) in [5, 5.41) is 8.32. The maximum absolute atomic E-state index is 2.43. The average molecular weight is 414 g/mol. The van der Waals surface area contributed by atoms with Crippen molar-refractivity contribution in [2.24, 2.45) is 0 Å². The standard InChI is InChI=1S/C20H14STe/c1-11-3-17-7-13-5-14-8-18-4-12(2)22-20(18)10-16(14)6-15(13)9-19(17)21-11/h3-10H,1-2H3. The van der Waals surface area contributed by atoms with E-state index in [2.05, 4.69) is 62.4 Å². The van der Waals surface area contributed by atoms with Crippen LogP contribution in [0.5, 0.6) is 0 Å². The molecule has 0 atom stereocenters. The van der Waals surface area contributed by atoms with Crippen molar-refractivity contribution in [2.75, 3.05) is 0 Å². The van der Waals surface area contributed by atoms with Crippen LogP contribution < -0.4 is 0 Å². The number of hydrogen-bond donors (Lipinski definition) is 0. The molecule has 22 heavy (non-hydrogen) atoms. The molecule has 0 aliphatic rings. The van der Waals surface area contributed by atoms with E-state index in [0.717, 1.165) is 0 Å². The Kier molecular flexibility index (Phi) is 2.74. The molecule has 0 bridgehead atoms. The minimum absolute atomic E-state index is 0.108. The van der Waals surface area contributed by atoms with Crippen molar-refractivity contribution >= 4 is 72.2 Å². The summed E-state index contributed by atoms with van der Waals surface area (Å²) in [5.74, 6) is 0. The predicted molar refractivity (Wildman–Crippen MR) is 101 cm³/mol. The van der Waals surface area contributed by atoms with Gasteiger partial charge in [-0.15, -0.1) is 0 Å². The molecule has 5 rings (SSSR count). The third kappa shape index (κ3) is 1.95. The number of aryl methyl sites for hydroxylation is 2. The minimum atomic E-state index is -0.108. The summed E-state index contributed by atoms with van der Waals surface area (Å²) < 4.78 is 4.59. The quantitative estimate of drug-likeness (QED) is 0.214. The zero-order valence-corrected chi connectivity index (χ0v) is 15.6. The van der Waals surface area contributed by atoms with Crippen LogP contribution in [0.15, 0.2) is 48.5 Å². The first kappa shape index (κ1) is 13.1. The van der Waals surface area contributed by atoms with Gasteiger partial charge in [-0.25, -0.2) is 0 Å². The van der Waals surface area contributed by atoms with Gasteiger partial charge in [-0.2, -0.15) is 0 Å². The molecule has 0 fully saturated rings. The van der Waals surface area contributed by atoms with Crippen molar-refractivity contribution < 1.29 is 0 Å². The fraction of sp³-hybridized carbons (Fsp3) is 0.100. The Morgan fingerprint density at radius 3 is 2.09 bits per heavy atom. The van der Waals surface area contributed by atoms with Gasteiger partial charge in [0.1, 0.15) is 0 Å². The Balaban J connectivity index is 1.92. The first-order chi connectivity index (χ1) is 10.7. The molecule has 0 nitrogen and oxygen atoms in total. The maximum atomic E-state index is 2.43. The van der Waals surface area contributed by atoms with E-state index in [1.165, 1.54) is 41.9 Å². The SMILES string of the molecule is Cc1cc2cc3cc4cc5cc(C)[te]c5cc4cc3cc2s1. The molecule has 0 spiro atoms. The van der Waals surface area contributed by atoms with E-state index >= 15 is 0 Å². The Labute approximate surface area is 142 Å². The molecule has 0 N–H and O–H groups in total. The molecule has 2 heterocycles. The van der Waals surface area contributed by atoms with Crippen LogP contribution >= 0.6 is 11.3 Å². The van der Waals surface area contributed by atoms with E-state index in [1.807, 2.05) is 11.3 Å². The van der Waals surface area contributed by atoms with Gasteiger partial charge in [-0.05, 0) is 0 Å². The van der Waals surface area contributed by atoms with Gasteiger partial charge in [-0.3, -0.25) is 0 Å². The van der Waals surface area contributed by atoms with Crippen LogP contribution in [0.2, 0.25) is 0 Å². The van der Waals surface area contributed by atoms with E-state index in [0.29, 0.717) is 0 Å². The topological polar surface area (TPSA) is 0 Å². The van der Waals surface area contributed by atoms with E-state index < -0.39 is 0 Å². The third-order valence-electron chi connectivity index (χ3n) is 4.31. The third-order valence-corrected chi connectivity index (χ3v) is 8.22. The normalized spacial score (nSPS) is 12.1. The zero-order valence-electron chi connectivity index (χ0n) is 12.4. The van der Waals surface area contributed by atoms with E-state index in [9.17, 15) is 0 Å². The molecular weight excluding hydrogens is 400 g/mol. The number of thiophene rings is 1. The fourth-order valence-corrected chi connectivity index (χ4v) is 7.02. The fourth-order valence-electron chi connectivity index (χ4n) is 3.34. The van der Waals surface area contributed by atoms with Crippen LogP contribution in [0, 0.1) is 13.8 Å². The average Bonchev–Trinajstić information content (AvgIpc) is 2.99. The van der Waals surface area contributed by atoms with Gasteiger partial charge < -0.3 is 0 Å². The Hall–Kier alpha value is -1.33. The Bertz CT molecular complexity index is 1010. The van der Waals surface area contributed by atoms with Gasteiger partial charge in [-0.1, -0.05) is 0 Å². The van der Waals surface area contributed by atoms with Crippen LogP contribution in [-0.4, -0.2) is 20.4 Å². The summed E-state index contributed by atoms with van der Waals surface area (Å²) in [6, 6.07) is 18.9. The van der Waals surface area contributed by atoms with Crippen molar-refractivity contribution in [3.8, 4) is 0 Å². The van der Waals surface area contributed by atoms with Crippen molar-refractivity contribution in [2.45, 2.75) is 13.8 Å². The van der Waals surface area contributed by atoms with Crippen LogP contribution in [0.4, 0.5) is 0 Å². The molecule has 0 unspecified atom stereocenters. The monoisotopic (exact) mass is 416 g/mol. The summed E-state index contributed by atoms with van der Waals surface area (Å²) in [4.78, 5) is 1.39. The second-order valence-corrected chi connectivity index (χ2v) is 11.0. The summed E-state index contributed by atoms with van der Waals surface area (Å²) in [6.45, 7) is 4.47. The Morgan fingerprint density at radius 1 is 0.636 bits per heavy atom. The number of fused-ring (bicyclic) bond motifs is 4. The van der Waals surface area contributed by atoms with E-state index in [-0.39, 0.29) is 20.4 Å². The summed E-state index contributed by atoms with van der Waals surface area (Å²) in [5.41, 5.74) is 0. The number of hydrogen-bond acceptors (Lipinski definition) is 1. The van der Waals surface area contributed by atoms with Gasteiger partial charge in [0.2, 0.25) is 0 Å². The van der Waals surface area contributed by atoms with Crippen molar-refractivity contribution in [1.29, 1.82) is 0 Å². The second-order valence-electron chi connectivity index (χ2n) is 6.04. The van der Waals surface area contributed by atoms with Gasteiger partial charge in [0.05, 0.1) is 0 Å². The molecule has 0 amide bonds. The molecule has 5 aromatic rings. The van der Waals surface area contributed by atoms with E-state index in [4.69, 9.17) is 0 Å². The van der Waals surface area contributed by atoms with E-state index in [1.54, 1.807) is 6.98 Å².